The zero-order chi connectivity index (χ0) is 21.1. The van der Waals surface area contributed by atoms with E-state index in [0.29, 0.717) is 6.54 Å². The van der Waals surface area contributed by atoms with Crippen molar-refractivity contribution < 1.29 is 4.79 Å². The number of hydrogen-bond donors (Lipinski definition) is 1. The van der Waals surface area contributed by atoms with Crippen LogP contribution in [-0.4, -0.2) is 46.0 Å². The van der Waals surface area contributed by atoms with Gasteiger partial charge in [0.15, 0.2) is 0 Å². The predicted octanol–water partition coefficient (Wildman–Crippen LogP) is 4.49. The van der Waals surface area contributed by atoms with Crippen molar-refractivity contribution in [3.05, 3.63) is 71.0 Å². The number of urea groups is 1. The third-order valence-electron chi connectivity index (χ3n) is 5.67. The van der Waals surface area contributed by atoms with E-state index in [-0.39, 0.29) is 12.1 Å². The van der Waals surface area contributed by atoms with Gasteiger partial charge in [0.2, 0.25) is 5.13 Å². The van der Waals surface area contributed by atoms with E-state index in [9.17, 15) is 4.79 Å². The molecular formula is C23H27N5OS. The highest BCUT2D eigenvalue weighted by atomic mass is 32.1. The van der Waals surface area contributed by atoms with Crippen LogP contribution in [0.3, 0.4) is 0 Å². The van der Waals surface area contributed by atoms with Crippen LogP contribution in [0.1, 0.15) is 29.4 Å². The number of carbonyl (C=O) groups excluding carboxylic acids is 1. The van der Waals surface area contributed by atoms with Gasteiger partial charge in [0.25, 0.3) is 0 Å². The van der Waals surface area contributed by atoms with Crippen molar-refractivity contribution in [3.8, 4) is 0 Å². The Morgan fingerprint density at radius 1 is 1.13 bits per heavy atom. The molecule has 1 fully saturated rings. The van der Waals surface area contributed by atoms with Gasteiger partial charge >= 0.3 is 6.03 Å². The molecule has 0 saturated carbocycles. The van der Waals surface area contributed by atoms with E-state index in [1.807, 2.05) is 42.2 Å². The molecule has 7 heteroatoms. The Labute approximate surface area is 181 Å². The van der Waals surface area contributed by atoms with Gasteiger partial charge in [-0.25, -0.2) is 9.78 Å². The number of nitrogens with zero attached hydrogens (tertiary/aromatic N) is 4. The number of aromatic nitrogens is 2. The van der Waals surface area contributed by atoms with Gasteiger partial charge in [0.05, 0.1) is 0 Å². The molecule has 1 atom stereocenters. The first kappa shape index (κ1) is 20.3. The summed E-state index contributed by atoms with van der Waals surface area (Å²) < 4.78 is 4.54. The third kappa shape index (κ3) is 4.46. The number of piperazine rings is 1. The Hall–Kier alpha value is -2.93. The largest absolute Gasteiger partial charge is 0.343 e. The van der Waals surface area contributed by atoms with Crippen molar-refractivity contribution in [1.29, 1.82) is 0 Å². The minimum Gasteiger partial charge on any atom is -0.343 e. The molecule has 30 heavy (non-hydrogen) atoms. The van der Waals surface area contributed by atoms with Gasteiger partial charge in [-0.2, -0.15) is 4.37 Å². The molecule has 156 valence electrons. The summed E-state index contributed by atoms with van der Waals surface area (Å²) in [6.45, 7) is 8.34. The van der Waals surface area contributed by atoms with Gasteiger partial charge in [0.1, 0.15) is 5.82 Å². The number of rotatable bonds is 4. The van der Waals surface area contributed by atoms with E-state index < -0.39 is 0 Å². The van der Waals surface area contributed by atoms with Crippen LogP contribution < -0.4 is 10.2 Å². The smallest absolute Gasteiger partial charge is 0.322 e. The molecule has 4 rings (SSSR count). The summed E-state index contributed by atoms with van der Waals surface area (Å²) in [7, 11) is 0. The molecule has 0 bridgehead atoms. The molecule has 2 aromatic carbocycles. The molecule has 2 amide bonds. The van der Waals surface area contributed by atoms with Crippen LogP contribution in [0.25, 0.3) is 0 Å². The summed E-state index contributed by atoms with van der Waals surface area (Å²) in [6, 6.07) is 16.3. The fourth-order valence-electron chi connectivity index (χ4n) is 3.73. The van der Waals surface area contributed by atoms with Gasteiger partial charge in [-0.05, 0) is 43.5 Å². The first-order chi connectivity index (χ1) is 14.5. The van der Waals surface area contributed by atoms with Crippen molar-refractivity contribution in [1.82, 2.24) is 14.3 Å². The van der Waals surface area contributed by atoms with E-state index in [0.717, 1.165) is 41.7 Å². The second-order valence-corrected chi connectivity index (χ2v) is 8.55. The van der Waals surface area contributed by atoms with E-state index in [1.165, 1.54) is 22.7 Å². The Balaban J connectivity index is 1.37. The maximum atomic E-state index is 12.9. The molecule has 0 radical (unpaired) electrons. The maximum Gasteiger partial charge on any atom is 0.322 e. The van der Waals surface area contributed by atoms with Crippen molar-refractivity contribution in [2.75, 3.05) is 29.9 Å². The number of amides is 2. The van der Waals surface area contributed by atoms with Crippen LogP contribution in [0.4, 0.5) is 15.6 Å². The normalized spacial score (nSPS) is 16.6. The quantitative estimate of drug-likeness (QED) is 0.674. The third-order valence-corrected chi connectivity index (χ3v) is 6.48. The molecule has 1 aliphatic heterocycles. The Morgan fingerprint density at radius 2 is 1.93 bits per heavy atom. The first-order valence-corrected chi connectivity index (χ1v) is 11.0. The molecule has 3 aromatic rings. The molecule has 1 aliphatic rings. The highest BCUT2D eigenvalue weighted by Crippen LogP contribution is 2.24. The van der Waals surface area contributed by atoms with Crippen LogP contribution >= 0.6 is 11.5 Å². The minimum atomic E-state index is -0.0436. The van der Waals surface area contributed by atoms with Crippen molar-refractivity contribution in [2.24, 2.45) is 0 Å². The molecule has 1 unspecified atom stereocenters. The fourth-order valence-corrected chi connectivity index (χ4v) is 4.45. The number of benzene rings is 2. The zero-order valence-corrected chi connectivity index (χ0v) is 18.4. The SMILES string of the molecule is Cc1cccc(NC(=O)N2CCN(c3nc(Cc4ccccc4)ns3)CC2C)c1C. The maximum absolute atomic E-state index is 12.9. The topological polar surface area (TPSA) is 61.4 Å². The summed E-state index contributed by atoms with van der Waals surface area (Å²) >= 11 is 1.44. The highest BCUT2D eigenvalue weighted by Gasteiger charge is 2.29. The second-order valence-electron chi connectivity index (χ2n) is 7.82. The molecule has 6 nitrogen and oxygen atoms in total. The highest BCUT2D eigenvalue weighted by molar-refractivity contribution is 7.09. The summed E-state index contributed by atoms with van der Waals surface area (Å²) in [6.07, 6.45) is 0.741. The van der Waals surface area contributed by atoms with Crippen LogP contribution in [0, 0.1) is 13.8 Å². The molecule has 0 aliphatic carbocycles. The fraction of sp³-hybridized carbons (Fsp3) is 0.348. The predicted molar refractivity (Wildman–Crippen MR) is 122 cm³/mol. The summed E-state index contributed by atoms with van der Waals surface area (Å²) in [4.78, 5) is 21.7. The van der Waals surface area contributed by atoms with Gasteiger partial charge < -0.3 is 15.1 Å². The van der Waals surface area contributed by atoms with E-state index in [1.54, 1.807) is 0 Å². The average Bonchev–Trinajstić information content (AvgIpc) is 3.20. The van der Waals surface area contributed by atoms with Crippen molar-refractivity contribution in [3.63, 3.8) is 0 Å². The van der Waals surface area contributed by atoms with Gasteiger partial charge in [-0.15, -0.1) is 0 Å². The summed E-state index contributed by atoms with van der Waals surface area (Å²) in [5.74, 6) is 0.851. The molecule has 1 N–H and O–H groups in total. The lowest BCUT2D eigenvalue weighted by molar-refractivity contribution is 0.185. The summed E-state index contributed by atoms with van der Waals surface area (Å²) in [5, 5.41) is 4.01. The van der Waals surface area contributed by atoms with Crippen LogP contribution in [0.5, 0.6) is 0 Å². The van der Waals surface area contributed by atoms with Gasteiger partial charge in [0, 0.05) is 49.3 Å². The Kier molecular flexibility index (Phi) is 5.99. The van der Waals surface area contributed by atoms with Gasteiger partial charge in [-0.3, -0.25) is 0 Å². The monoisotopic (exact) mass is 421 g/mol. The lowest BCUT2D eigenvalue weighted by Gasteiger charge is -2.39. The molecule has 1 saturated heterocycles. The molecule has 0 spiro atoms. The molecular weight excluding hydrogens is 394 g/mol. The van der Waals surface area contributed by atoms with E-state index in [4.69, 9.17) is 4.98 Å². The Bertz CT molecular complexity index is 1020. The number of aryl methyl sites for hydroxylation is 1. The lowest BCUT2D eigenvalue weighted by Crippen LogP contribution is -2.55. The number of hydrogen-bond acceptors (Lipinski definition) is 5. The average molecular weight is 422 g/mol. The molecule has 1 aromatic heterocycles. The van der Waals surface area contributed by atoms with E-state index >= 15 is 0 Å². The lowest BCUT2D eigenvalue weighted by atomic mass is 10.1. The van der Waals surface area contributed by atoms with Crippen molar-refractivity contribution >= 4 is 28.4 Å². The van der Waals surface area contributed by atoms with Crippen LogP contribution in [0.2, 0.25) is 0 Å². The zero-order valence-electron chi connectivity index (χ0n) is 17.6. The van der Waals surface area contributed by atoms with Gasteiger partial charge in [-0.1, -0.05) is 42.5 Å². The number of carbonyl (C=O) groups is 1. The standard InChI is InChI=1S/C23H27N5OS/c1-16-8-7-11-20(18(16)3)24-22(29)28-13-12-27(15-17(28)2)23-25-21(26-30-23)14-19-9-5-4-6-10-19/h4-11,17H,12-15H2,1-3H3,(H,24,29). The van der Waals surface area contributed by atoms with Crippen LogP contribution in [0.15, 0.2) is 48.5 Å². The Morgan fingerprint density at radius 3 is 2.70 bits per heavy atom. The van der Waals surface area contributed by atoms with Crippen LogP contribution in [-0.2, 0) is 6.42 Å². The second kappa shape index (κ2) is 8.83. The molecule has 2 heterocycles. The van der Waals surface area contributed by atoms with Crippen molar-refractivity contribution in [2.45, 2.75) is 33.2 Å². The minimum absolute atomic E-state index is 0.0436. The number of anilines is 2. The van der Waals surface area contributed by atoms with E-state index in [2.05, 4.69) is 46.6 Å². The summed E-state index contributed by atoms with van der Waals surface area (Å²) in [5.41, 5.74) is 4.37. The first-order valence-electron chi connectivity index (χ1n) is 10.3. The number of nitrogens with one attached hydrogen (secondary N) is 1.